The molecule has 2 saturated heterocycles. The number of hydrogen-bond donors (Lipinski definition) is 3. The van der Waals surface area contributed by atoms with Crippen molar-refractivity contribution >= 4 is 58.3 Å². The van der Waals surface area contributed by atoms with Gasteiger partial charge in [-0.25, -0.2) is 0 Å². The van der Waals surface area contributed by atoms with Gasteiger partial charge < -0.3 is 60.4 Å². The van der Waals surface area contributed by atoms with E-state index in [2.05, 4.69) is 65.9 Å². The Morgan fingerprint density at radius 1 is 0.675 bits per heavy atom. The van der Waals surface area contributed by atoms with Crippen molar-refractivity contribution in [3.8, 4) is 12.0 Å². The maximum atomic E-state index is 13.5. The number of amides is 3. The van der Waals surface area contributed by atoms with Crippen LogP contribution in [0.3, 0.4) is 0 Å². The second kappa shape index (κ2) is 35.5. The molecule has 0 radical (unpaired) electrons. The van der Waals surface area contributed by atoms with E-state index in [0.717, 1.165) is 89.2 Å². The van der Waals surface area contributed by atoms with Gasteiger partial charge in [0.1, 0.15) is 12.2 Å². The summed E-state index contributed by atoms with van der Waals surface area (Å²) in [5.74, 6) is -0.370. The molecule has 5 N–H and O–H groups in total. The number of hydrogen-bond acceptors (Lipinski definition) is 21. The number of anilines is 5. The number of rotatable bonds is 29. The van der Waals surface area contributed by atoms with Crippen LogP contribution < -0.4 is 36.1 Å². The molecule has 2 fully saturated rings. The van der Waals surface area contributed by atoms with E-state index in [4.69, 9.17) is 25.7 Å². The molecule has 3 amide bonds. The molecule has 0 saturated carbocycles. The monoisotopic (exact) mass is 1160 g/mol. The van der Waals surface area contributed by atoms with Crippen molar-refractivity contribution in [1.29, 1.82) is 0 Å². The Morgan fingerprint density at radius 3 is 1.66 bits per heavy atom. The lowest BCUT2D eigenvalue weighted by Gasteiger charge is -2.34. The maximum Gasteiger partial charge on any atom is 0.353 e. The minimum Gasteiger partial charge on any atom is -0.465 e. The van der Waals surface area contributed by atoms with Crippen LogP contribution in [0, 0.1) is 10.1 Å². The number of nitrogen functional groups attached to an aromatic ring is 2. The number of fused-ring (bicyclic) bond motifs is 1. The lowest BCUT2D eigenvalue weighted by atomic mass is 10.2. The molecule has 0 atom stereocenters. The van der Waals surface area contributed by atoms with Gasteiger partial charge in [-0.2, -0.15) is 19.9 Å². The fraction of sp³-hybridized carbons (Fsp3) is 0.586. The largest absolute Gasteiger partial charge is 0.465 e. The third-order valence-corrected chi connectivity index (χ3v) is 14.0. The number of benzene rings is 2. The average molecular weight is 1160 g/mol. The normalized spacial score (nSPS) is 14.6. The number of nitrogens with one attached hydrogen (secondary N) is 1. The molecule has 3 aliphatic heterocycles. The molecule has 5 heterocycles. The van der Waals surface area contributed by atoms with Crippen LogP contribution in [0.5, 0.6) is 12.0 Å². The van der Waals surface area contributed by atoms with Gasteiger partial charge in [0, 0.05) is 91.6 Å². The number of aromatic nitrogens is 4. The van der Waals surface area contributed by atoms with E-state index in [1.807, 2.05) is 77.4 Å². The van der Waals surface area contributed by atoms with E-state index in [0.29, 0.717) is 83.4 Å². The number of nitrogens with zero attached hydrogens (tertiary/aromatic N) is 13. The van der Waals surface area contributed by atoms with E-state index < -0.39 is 16.6 Å². The number of ether oxygens (including phenoxy) is 3. The fourth-order valence-electron chi connectivity index (χ4n) is 9.30. The molecule has 458 valence electrons. The van der Waals surface area contributed by atoms with Crippen molar-refractivity contribution in [3.63, 3.8) is 0 Å². The van der Waals surface area contributed by atoms with Crippen LogP contribution in [0.25, 0.3) is 0 Å². The Bertz CT molecular complexity index is 2630. The van der Waals surface area contributed by atoms with Crippen molar-refractivity contribution < 1.29 is 38.3 Å². The highest BCUT2D eigenvalue weighted by molar-refractivity contribution is 6.03. The van der Waals surface area contributed by atoms with Gasteiger partial charge in [0.05, 0.1) is 44.4 Å². The average Bonchev–Trinajstić information content (AvgIpc) is 3.63. The summed E-state index contributed by atoms with van der Waals surface area (Å²) in [7, 11) is 4.18. The SMILES string of the molecule is C.C.CCCCOc1nc(N)c([N+](=O)[O-])c(N(CCCN(Cc2ccccc2)C(=O)CN2CCN(C)CC2)CC(=O)OCC)n1.CCCCOc1nc(N)c2c(n1)N(CCCN(Cc1ccccc1)C(=O)CN1CCN(C)CC1)CC(=O)N2. The van der Waals surface area contributed by atoms with Gasteiger partial charge in [-0.05, 0) is 57.8 Å². The molecule has 3 aliphatic rings. The molecule has 7 rings (SSSR count). The summed E-state index contributed by atoms with van der Waals surface area (Å²) >= 11 is 0. The molecule has 0 unspecified atom stereocenters. The van der Waals surface area contributed by atoms with Gasteiger partial charge in [0.15, 0.2) is 11.6 Å². The smallest absolute Gasteiger partial charge is 0.353 e. The van der Waals surface area contributed by atoms with Crippen LogP contribution >= 0.6 is 0 Å². The number of piperazine rings is 2. The van der Waals surface area contributed by atoms with Crippen LogP contribution in [-0.2, 0) is 37.0 Å². The fourth-order valence-corrected chi connectivity index (χ4v) is 9.30. The lowest BCUT2D eigenvalue weighted by Crippen LogP contribution is -2.49. The zero-order chi connectivity index (χ0) is 58.1. The molecule has 25 heteroatoms. The minimum atomic E-state index is -0.667. The number of unbranched alkanes of at least 4 members (excludes halogenated alkanes) is 2. The molecule has 83 heavy (non-hydrogen) atoms. The van der Waals surface area contributed by atoms with Gasteiger partial charge in [0.2, 0.25) is 29.4 Å². The Kier molecular flexibility index (Phi) is 29.1. The first-order chi connectivity index (χ1) is 39.1. The molecular formula is C58H92N16O9. The van der Waals surface area contributed by atoms with Crippen molar-refractivity contribution in [2.45, 2.75) is 87.2 Å². The first kappa shape index (κ1) is 68.0. The Morgan fingerprint density at radius 2 is 1.17 bits per heavy atom. The Balaban J connectivity index is 0.000000350. The van der Waals surface area contributed by atoms with Crippen molar-refractivity contribution in [3.05, 3.63) is 81.9 Å². The summed E-state index contributed by atoms with van der Waals surface area (Å²) < 4.78 is 16.4. The zero-order valence-corrected chi connectivity index (χ0v) is 48.0. The van der Waals surface area contributed by atoms with Crippen LogP contribution in [0.1, 0.15) is 85.3 Å². The Labute approximate surface area is 490 Å². The second-order valence-corrected chi connectivity index (χ2v) is 20.5. The molecule has 0 aliphatic carbocycles. The number of esters is 1. The molecule has 2 aromatic carbocycles. The second-order valence-electron chi connectivity index (χ2n) is 20.5. The topological polar surface area (TPSA) is 281 Å². The summed E-state index contributed by atoms with van der Waals surface area (Å²) in [6.45, 7) is 17.1. The first-order valence-corrected chi connectivity index (χ1v) is 28.3. The van der Waals surface area contributed by atoms with Crippen LogP contribution in [0.2, 0.25) is 0 Å². The molecule has 25 nitrogen and oxygen atoms in total. The highest BCUT2D eigenvalue weighted by atomic mass is 16.6. The van der Waals surface area contributed by atoms with Crippen LogP contribution in [0.4, 0.5) is 34.6 Å². The van der Waals surface area contributed by atoms with E-state index in [-0.39, 0.29) is 88.3 Å². The predicted octanol–water partition coefficient (Wildman–Crippen LogP) is 5.12. The van der Waals surface area contributed by atoms with Gasteiger partial charge in [0.25, 0.3) is 0 Å². The van der Waals surface area contributed by atoms with Gasteiger partial charge in [-0.15, -0.1) is 0 Å². The quantitative estimate of drug-likeness (QED) is 0.0275. The maximum absolute atomic E-state index is 13.5. The highest BCUT2D eigenvalue weighted by Crippen LogP contribution is 2.35. The van der Waals surface area contributed by atoms with E-state index >= 15 is 0 Å². The lowest BCUT2D eigenvalue weighted by molar-refractivity contribution is -0.383. The van der Waals surface area contributed by atoms with Crippen molar-refractivity contribution in [2.75, 3.05) is 165 Å². The molecular weight excluding hydrogens is 1060 g/mol. The third-order valence-electron chi connectivity index (χ3n) is 14.0. The summed E-state index contributed by atoms with van der Waals surface area (Å²) in [5, 5.41) is 14.8. The number of carbonyl (C=O) groups excluding carboxylic acids is 4. The van der Waals surface area contributed by atoms with Gasteiger partial charge in [-0.3, -0.25) is 39.1 Å². The molecule has 0 spiro atoms. The molecule has 0 bridgehead atoms. The molecule has 2 aromatic heterocycles. The zero-order valence-electron chi connectivity index (χ0n) is 48.0. The summed E-state index contributed by atoms with van der Waals surface area (Å²) in [6, 6.07) is 19.9. The summed E-state index contributed by atoms with van der Waals surface area (Å²) in [6.07, 6.45) is 4.56. The minimum absolute atomic E-state index is 0. The van der Waals surface area contributed by atoms with E-state index in [9.17, 15) is 29.3 Å². The summed E-state index contributed by atoms with van der Waals surface area (Å²) in [4.78, 5) is 96.2. The molecule has 4 aromatic rings. The number of carbonyl (C=O) groups is 4. The number of nitrogens with two attached hydrogens (primary N) is 2. The van der Waals surface area contributed by atoms with E-state index in [1.165, 1.54) is 4.90 Å². The predicted molar refractivity (Wildman–Crippen MR) is 324 cm³/mol. The highest BCUT2D eigenvalue weighted by Gasteiger charge is 2.31. The van der Waals surface area contributed by atoms with Crippen LogP contribution in [0.15, 0.2) is 60.7 Å². The first-order valence-electron chi connectivity index (χ1n) is 28.3. The Hall–Kier alpha value is -7.48. The summed E-state index contributed by atoms with van der Waals surface area (Å²) in [5.41, 5.74) is 14.1. The van der Waals surface area contributed by atoms with Gasteiger partial charge in [-0.1, -0.05) is 102 Å². The number of likely N-dealkylation sites (N-methyl/N-ethyl adjacent to an activating group) is 2. The van der Waals surface area contributed by atoms with Gasteiger partial charge >= 0.3 is 23.7 Å². The van der Waals surface area contributed by atoms with Crippen molar-refractivity contribution in [2.24, 2.45) is 0 Å². The van der Waals surface area contributed by atoms with Crippen molar-refractivity contribution in [1.82, 2.24) is 49.3 Å². The number of nitro groups is 1. The van der Waals surface area contributed by atoms with E-state index in [1.54, 1.807) is 11.8 Å². The van der Waals surface area contributed by atoms with Crippen LogP contribution in [-0.4, -0.2) is 217 Å². The third kappa shape index (κ3) is 22.0. The standard InChI is InChI=1S/C29H44N8O6.C27H40N8O3.2CH4/c1-4-6-19-43-29-31-27(30)26(37(40)41)28(32-29)36(22-25(39)42-5-2)14-10-13-35(20-23-11-8-7-9-12-23)24(38)21-34-17-15-33(3)16-18-34;1-3-4-17-38-27-30-25(28)24-26(31-27)35(19-22(36)29-24)12-8-11-34(18-21-9-6-5-7-10-21)23(37)20-33-15-13-32(2)14-16-33;;/h7-9,11-12H,4-6,10,13-22H2,1-3H3,(H2,30,31,32);5-7,9-10H,3-4,8,11-20H2,1-2H3,(H,29,36)(H2,28,30,31);2*1H4.